The maximum absolute atomic E-state index is 11.8. The quantitative estimate of drug-likeness (QED) is 0.595. The van der Waals surface area contributed by atoms with E-state index < -0.39 is 34.7 Å². The Labute approximate surface area is 164 Å². The average Bonchev–Trinajstić information content (AvgIpc) is 3.04. The molecular formula is C19H28N4O5. The zero-order chi connectivity index (χ0) is 20.8. The average molecular weight is 392 g/mol. The second-order valence-electron chi connectivity index (χ2n) is 8.86. The molecule has 0 aromatic carbocycles. The van der Waals surface area contributed by atoms with Gasteiger partial charge in [-0.05, 0) is 24.7 Å². The topological polar surface area (TPSA) is 132 Å². The maximum atomic E-state index is 11.8. The van der Waals surface area contributed by atoms with Gasteiger partial charge in [-0.25, -0.2) is 4.79 Å². The lowest BCUT2D eigenvalue weighted by Gasteiger charge is -2.52. The minimum atomic E-state index is -0.971. The Bertz CT molecular complexity index is 791. The van der Waals surface area contributed by atoms with Gasteiger partial charge in [-0.3, -0.25) is 15.1 Å². The van der Waals surface area contributed by atoms with Crippen LogP contribution in [0.1, 0.15) is 45.4 Å². The van der Waals surface area contributed by atoms with E-state index in [1.807, 2.05) is 32.6 Å². The highest BCUT2D eigenvalue weighted by molar-refractivity contribution is 5.71. The van der Waals surface area contributed by atoms with E-state index in [1.165, 1.54) is 6.20 Å². The van der Waals surface area contributed by atoms with Crippen LogP contribution in [-0.2, 0) is 17.6 Å². The van der Waals surface area contributed by atoms with Crippen molar-refractivity contribution in [2.75, 3.05) is 11.4 Å². The summed E-state index contributed by atoms with van der Waals surface area (Å²) in [5.41, 5.74) is 7.05. The Kier molecular flexibility index (Phi) is 5.22. The van der Waals surface area contributed by atoms with Crippen molar-refractivity contribution in [2.24, 2.45) is 17.1 Å². The van der Waals surface area contributed by atoms with E-state index in [0.717, 1.165) is 24.1 Å². The molecule has 0 bridgehead atoms. The number of aryl methyl sites for hydroxylation is 1. The molecule has 28 heavy (non-hydrogen) atoms. The second-order valence-corrected chi connectivity index (χ2v) is 8.86. The van der Waals surface area contributed by atoms with Gasteiger partial charge < -0.3 is 20.5 Å². The smallest absolute Gasteiger partial charge is 0.404 e. The molecule has 1 amide bonds. The monoisotopic (exact) mass is 392 g/mol. The summed E-state index contributed by atoms with van der Waals surface area (Å²) in [5.74, 6) is -0.271. The molecule has 2 aliphatic rings. The van der Waals surface area contributed by atoms with Gasteiger partial charge in [-0.2, -0.15) is 0 Å². The van der Waals surface area contributed by atoms with Crippen LogP contribution in [0.2, 0.25) is 0 Å². The molecular weight excluding hydrogens is 364 g/mol. The fourth-order valence-electron chi connectivity index (χ4n) is 4.61. The summed E-state index contributed by atoms with van der Waals surface area (Å²) in [4.78, 5) is 29.2. The lowest BCUT2D eigenvalue weighted by molar-refractivity contribution is -0.384. The van der Waals surface area contributed by atoms with E-state index in [-0.39, 0.29) is 11.6 Å². The number of ether oxygens (including phenoxy) is 1. The van der Waals surface area contributed by atoms with Gasteiger partial charge >= 0.3 is 11.8 Å². The third-order valence-electron chi connectivity index (χ3n) is 5.73. The van der Waals surface area contributed by atoms with Crippen molar-refractivity contribution in [2.45, 2.75) is 65.2 Å². The highest BCUT2D eigenvalue weighted by atomic mass is 16.6. The highest BCUT2D eigenvalue weighted by Crippen LogP contribution is 2.45. The van der Waals surface area contributed by atoms with Crippen molar-refractivity contribution in [1.29, 1.82) is 0 Å². The van der Waals surface area contributed by atoms with E-state index in [0.29, 0.717) is 18.7 Å². The van der Waals surface area contributed by atoms with Crippen LogP contribution in [0, 0.1) is 21.4 Å². The van der Waals surface area contributed by atoms with E-state index in [9.17, 15) is 20.0 Å². The number of primary amides is 1. The summed E-state index contributed by atoms with van der Waals surface area (Å²) < 4.78 is 5.35. The van der Waals surface area contributed by atoms with Gasteiger partial charge in [0.15, 0.2) is 6.10 Å². The number of hydrogen-bond donors (Lipinski definition) is 2. The lowest BCUT2D eigenvalue weighted by Crippen LogP contribution is -2.64. The number of piperidine rings is 1. The van der Waals surface area contributed by atoms with Gasteiger partial charge in [0.2, 0.25) is 0 Å². The number of anilines is 1. The molecule has 1 aromatic heterocycles. The van der Waals surface area contributed by atoms with Crippen LogP contribution < -0.4 is 10.6 Å². The molecule has 1 aliphatic carbocycles. The van der Waals surface area contributed by atoms with Crippen LogP contribution in [0.3, 0.4) is 0 Å². The molecule has 9 heteroatoms. The number of aliphatic hydroxyl groups excluding tert-OH is 1. The van der Waals surface area contributed by atoms with Gasteiger partial charge in [0, 0.05) is 23.7 Å². The van der Waals surface area contributed by atoms with Crippen LogP contribution in [0.4, 0.5) is 16.2 Å². The summed E-state index contributed by atoms with van der Waals surface area (Å²) >= 11 is 0. The summed E-state index contributed by atoms with van der Waals surface area (Å²) in [6.07, 6.45) is 0.927. The Morgan fingerprint density at radius 1 is 1.43 bits per heavy atom. The molecule has 0 spiro atoms. The summed E-state index contributed by atoms with van der Waals surface area (Å²) in [6.45, 7) is 8.11. The number of rotatable bonds is 3. The van der Waals surface area contributed by atoms with Crippen molar-refractivity contribution in [3.8, 4) is 0 Å². The van der Waals surface area contributed by atoms with E-state index in [2.05, 4.69) is 4.98 Å². The normalized spacial score (nSPS) is 27.4. The first kappa shape index (κ1) is 20.3. The summed E-state index contributed by atoms with van der Waals surface area (Å²) in [7, 11) is 0. The van der Waals surface area contributed by atoms with Crippen LogP contribution in [0.15, 0.2) is 6.20 Å². The van der Waals surface area contributed by atoms with Gasteiger partial charge in [0.1, 0.15) is 11.9 Å². The fraction of sp³-hybridized carbons (Fsp3) is 0.684. The van der Waals surface area contributed by atoms with Gasteiger partial charge in [0.25, 0.3) is 0 Å². The highest BCUT2D eigenvalue weighted by Gasteiger charge is 2.50. The second kappa shape index (κ2) is 7.20. The predicted molar refractivity (Wildman–Crippen MR) is 103 cm³/mol. The predicted octanol–water partition coefficient (Wildman–Crippen LogP) is 2.17. The van der Waals surface area contributed by atoms with E-state index >= 15 is 0 Å². The van der Waals surface area contributed by atoms with Crippen molar-refractivity contribution < 1.29 is 19.6 Å². The van der Waals surface area contributed by atoms with Crippen LogP contribution in [0.25, 0.3) is 0 Å². The summed E-state index contributed by atoms with van der Waals surface area (Å²) in [6, 6.07) is -0.489. The first-order valence-electron chi connectivity index (χ1n) is 9.58. The Morgan fingerprint density at radius 3 is 2.68 bits per heavy atom. The summed E-state index contributed by atoms with van der Waals surface area (Å²) in [5, 5.41) is 22.6. The Hall–Kier alpha value is -2.42. The first-order chi connectivity index (χ1) is 13.0. The van der Waals surface area contributed by atoms with Crippen molar-refractivity contribution >= 4 is 17.5 Å². The van der Waals surface area contributed by atoms with Crippen LogP contribution in [-0.4, -0.2) is 45.9 Å². The zero-order valence-electron chi connectivity index (χ0n) is 16.7. The first-order valence-corrected chi connectivity index (χ1v) is 9.58. The molecule has 0 saturated carbocycles. The number of hydrogen-bond acceptors (Lipinski definition) is 7. The molecule has 9 nitrogen and oxygen atoms in total. The number of aliphatic hydroxyl groups is 1. The number of nitrogens with zero attached hydrogens (tertiary/aromatic N) is 3. The standard InChI is InChI=1S/C19H28N4O5/c1-10-9-22(17(19(2,3)4)16(15(10)24)28-18(20)25)14-11-6-5-7-12(11)21-8-13(14)23(26)27/h8,10,15-17,24H,5-7,9H2,1-4H3,(H2,20,25)/t10-,15+,16-,17?/m0/s1. The molecule has 3 rings (SSSR count). The minimum absolute atomic E-state index is 0.0590. The molecule has 0 radical (unpaired) electrons. The number of carbonyl (C=O) groups is 1. The van der Waals surface area contributed by atoms with Gasteiger partial charge in [0.05, 0.1) is 17.1 Å². The molecule has 154 valence electrons. The van der Waals surface area contributed by atoms with Crippen LogP contribution >= 0.6 is 0 Å². The van der Waals surface area contributed by atoms with Crippen LogP contribution in [0.5, 0.6) is 0 Å². The molecule has 1 aliphatic heterocycles. The third-order valence-corrected chi connectivity index (χ3v) is 5.73. The number of aromatic nitrogens is 1. The lowest BCUT2D eigenvalue weighted by atomic mass is 9.75. The Balaban J connectivity index is 2.20. The van der Waals surface area contributed by atoms with Crippen molar-refractivity contribution in [1.82, 2.24) is 4.98 Å². The molecule has 4 atom stereocenters. The van der Waals surface area contributed by atoms with Crippen molar-refractivity contribution in [3.05, 3.63) is 27.6 Å². The molecule has 1 unspecified atom stereocenters. The van der Waals surface area contributed by atoms with E-state index in [4.69, 9.17) is 10.5 Å². The molecule has 1 aromatic rings. The molecule has 3 N–H and O–H groups in total. The maximum Gasteiger partial charge on any atom is 0.404 e. The largest absolute Gasteiger partial charge is 0.441 e. The minimum Gasteiger partial charge on any atom is -0.441 e. The molecule has 1 saturated heterocycles. The number of amides is 1. The number of pyridine rings is 1. The third kappa shape index (κ3) is 3.50. The number of nitro groups is 1. The zero-order valence-corrected chi connectivity index (χ0v) is 16.7. The fourth-order valence-corrected chi connectivity index (χ4v) is 4.61. The number of carbonyl (C=O) groups excluding carboxylic acids is 1. The van der Waals surface area contributed by atoms with E-state index in [1.54, 1.807) is 0 Å². The van der Waals surface area contributed by atoms with Gasteiger partial charge in [-0.1, -0.05) is 27.7 Å². The molecule has 1 fully saturated rings. The van der Waals surface area contributed by atoms with Gasteiger partial charge in [-0.15, -0.1) is 0 Å². The number of nitrogens with two attached hydrogens (primary N) is 1. The SMILES string of the molecule is C[C@H]1CN(c2c([N+](=O)[O-])cnc3c2CCC3)C(C(C)(C)C)[C@@H](OC(N)=O)[C@@H]1O. The molecule has 2 heterocycles. The Morgan fingerprint density at radius 2 is 2.11 bits per heavy atom. The van der Waals surface area contributed by atoms with Crippen molar-refractivity contribution in [3.63, 3.8) is 0 Å². The number of fused-ring (bicyclic) bond motifs is 1.